The first-order chi connectivity index (χ1) is 13.3. The molecule has 5 rings (SSSR count). The van der Waals surface area contributed by atoms with Crippen molar-refractivity contribution in [3.05, 3.63) is 23.2 Å². The molecule has 5 heteroatoms. The number of hydrogen-bond donors (Lipinski definition) is 1. The van der Waals surface area contributed by atoms with Gasteiger partial charge in [0.2, 0.25) is 5.91 Å². The number of nitrogens with zero attached hydrogens (tertiary/aromatic N) is 2. The van der Waals surface area contributed by atoms with Crippen LogP contribution in [0.2, 0.25) is 0 Å². The zero-order valence-electron chi connectivity index (χ0n) is 16.0. The number of amides is 1. The van der Waals surface area contributed by atoms with Gasteiger partial charge in [-0.3, -0.25) is 4.79 Å². The summed E-state index contributed by atoms with van der Waals surface area (Å²) in [4.78, 5) is 20.0. The second kappa shape index (κ2) is 7.51. The van der Waals surface area contributed by atoms with E-state index in [4.69, 9.17) is 4.98 Å². The maximum atomic E-state index is 12.4. The van der Waals surface area contributed by atoms with E-state index in [-0.39, 0.29) is 11.8 Å². The van der Waals surface area contributed by atoms with E-state index < -0.39 is 0 Å². The van der Waals surface area contributed by atoms with Crippen LogP contribution in [0.25, 0.3) is 10.2 Å². The lowest BCUT2D eigenvalue weighted by Crippen LogP contribution is -2.46. The summed E-state index contributed by atoms with van der Waals surface area (Å²) in [5, 5.41) is 4.42. The van der Waals surface area contributed by atoms with Gasteiger partial charge < -0.3 is 10.2 Å². The highest BCUT2D eigenvalue weighted by Crippen LogP contribution is 2.43. The Hall–Kier alpha value is -1.46. The fraction of sp³-hybridized carbons (Fsp3) is 0.636. The van der Waals surface area contributed by atoms with E-state index in [9.17, 15) is 4.79 Å². The van der Waals surface area contributed by atoms with Gasteiger partial charge in [0.15, 0.2) is 0 Å². The van der Waals surface area contributed by atoms with Crippen molar-refractivity contribution >= 4 is 33.1 Å². The molecule has 3 aliphatic rings. The van der Waals surface area contributed by atoms with E-state index in [0.717, 1.165) is 30.1 Å². The number of benzene rings is 1. The van der Waals surface area contributed by atoms with Crippen LogP contribution in [-0.4, -0.2) is 34.9 Å². The number of carbonyl (C=O) groups excluding carboxylic acids is 1. The standard InChI is InChI=1S/C22H29N3OS/c26-21(15-6-2-3-7-15)23-17-8-9-19-20(14-17)27-22(24-19)16-12-18(13-16)25-10-4-1-5-11-25/h8-9,14-16,18H,1-7,10-13H2,(H,23,26). The lowest BCUT2D eigenvalue weighted by atomic mass is 9.79. The maximum Gasteiger partial charge on any atom is 0.227 e. The fourth-order valence-electron chi connectivity index (χ4n) is 5.00. The highest BCUT2D eigenvalue weighted by molar-refractivity contribution is 7.18. The molecular formula is C22H29N3OS. The van der Waals surface area contributed by atoms with Crippen LogP contribution < -0.4 is 5.32 Å². The Balaban J connectivity index is 1.24. The zero-order chi connectivity index (χ0) is 18.2. The van der Waals surface area contributed by atoms with Gasteiger partial charge in [-0.15, -0.1) is 11.3 Å². The molecule has 1 aliphatic heterocycles. The Morgan fingerprint density at radius 3 is 2.63 bits per heavy atom. The number of anilines is 1. The summed E-state index contributed by atoms with van der Waals surface area (Å²) >= 11 is 1.82. The Labute approximate surface area is 165 Å². The molecule has 0 unspecified atom stereocenters. The molecular weight excluding hydrogens is 354 g/mol. The van der Waals surface area contributed by atoms with Gasteiger partial charge in [0.25, 0.3) is 0 Å². The molecule has 1 saturated heterocycles. The lowest BCUT2D eigenvalue weighted by Gasteiger charge is -2.43. The third-order valence-electron chi connectivity index (χ3n) is 6.77. The molecule has 0 radical (unpaired) electrons. The van der Waals surface area contributed by atoms with Gasteiger partial charge in [-0.25, -0.2) is 4.98 Å². The van der Waals surface area contributed by atoms with Crippen LogP contribution >= 0.6 is 11.3 Å². The minimum absolute atomic E-state index is 0.194. The van der Waals surface area contributed by atoms with Crippen LogP contribution in [0, 0.1) is 5.92 Å². The van der Waals surface area contributed by atoms with Crippen LogP contribution in [0.15, 0.2) is 18.2 Å². The highest BCUT2D eigenvalue weighted by atomic mass is 32.1. The highest BCUT2D eigenvalue weighted by Gasteiger charge is 2.36. The fourth-order valence-corrected chi connectivity index (χ4v) is 6.13. The third-order valence-corrected chi connectivity index (χ3v) is 7.95. The number of nitrogens with one attached hydrogen (secondary N) is 1. The average molecular weight is 384 g/mol. The van der Waals surface area contributed by atoms with Crippen LogP contribution in [-0.2, 0) is 4.79 Å². The van der Waals surface area contributed by atoms with Crippen molar-refractivity contribution < 1.29 is 4.79 Å². The van der Waals surface area contributed by atoms with Crippen LogP contribution in [0.1, 0.15) is 68.7 Å². The molecule has 2 heterocycles. The monoisotopic (exact) mass is 383 g/mol. The molecule has 2 aromatic rings. The Morgan fingerprint density at radius 1 is 1.07 bits per heavy atom. The van der Waals surface area contributed by atoms with Crippen molar-refractivity contribution in [1.29, 1.82) is 0 Å². The molecule has 27 heavy (non-hydrogen) atoms. The predicted octanol–water partition coefficient (Wildman–Crippen LogP) is 5.16. The minimum atomic E-state index is 0.194. The van der Waals surface area contributed by atoms with E-state index in [1.807, 2.05) is 17.4 Å². The van der Waals surface area contributed by atoms with Gasteiger partial charge in [-0.2, -0.15) is 0 Å². The summed E-state index contributed by atoms with van der Waals surface area (Å²) in [6, 6.07) is 6.98. The van der Waals surface area contributed by atoms with Gasteiger partial charge in [0.05, 0.1) is 15.2 Å². The maximum absolute atomic E-state index is 12.4. The van der Waals surface area contributed by atoms with E-state index in [1.54, 1.807) is 0 Å². The number of aromatic nitrogens is 1. The smallest absolute Gasteiger partial charge is 0.227 e. The molecule has 2 saturated carbocycles. The molecule has 4 nitrogen and oxygen atoms in total. The van der Waals surface area contributed by atoms with Crippen molar-refractivity contribution in [2.45, 2.75) is 69.7 Å². The molecule has 1 aromatic heterocycles. The first-order valence-corrected chi connectivity index (χ1v) is 11.5. The van der Waals surface area contributed by atoms with Crippen LogP contribution in [0.4, 0.5) is 5.69 Å². The summed E-state index contributed by atoms with van der Waals surface area (Å²) in [6.45, 7) is 2.59. The molecule has 0 spiro atoms. The van der Waals surface area contributed by atoms with Gasteiger partial charge in [-0.05, 0) is 69.8 Å². The molecule has 0 atom stereocenters. The number of fused-ring (bicyclic) bond motifs is 1. The Bertz CT molecular complexity index is 814. The summed E-state index contributed by atoms with van der Waals surface area (Å²) in [7, 11) is 0. The van der Waals surface area contributed by atoms with Gasteiger partial charge in [0.1, 0.15) is 0 Å². The second-order valence-electron chi connectivity index (χ2n) is 8.62. The Kier molecular flexibility index (Phi) is 4.91. The average Bonchev–Trinajstić information content (AvgIpc) is 3.31. The molecule has 3 fully saturated rings. The van der Waals surface area contributed by atoms with E-state index in [1.165, 1.54) is 67.7 Å². The predicted molar refractivity (Wildman–Crippen MR) is 111 cm³/mol. The first kappa shape index (κ1) is 17.6. The van der Waals surface area contributed by atoms with E-state index in [2.05, 4.69) is 22.3 Å². The van der Waals surface area contributed by atoms with Crippen molar-refractivity contribution in [2.24, 2.45) is 5.92 Å². The molecule has 144 valence electrons. The molecule has 1 aromatic carbocycles. The largest absolute Gasteiger partial charge is 0.326 e. The first-order valence-electron chi connectivity index (χ1n) is 10.7. The van der Waals surface area contributed by atoms with Gasteiger partial charge >= 0.3 is 0 Å². The van der Waals surface area contributed by atoms with Crippen molar-refractivity contribution in [3.8, 4) is 0 Å². The SMILES string of the molecule is O=C(Nc1ccc2nc(C3CC(N4CCCCC4)C3)sc2c1)C1CCCC1. The van der Waals surface area contributed by atoms with Crippen LogP contribution in [0.3, 0.4) is 0 Å². The zero-order valence-corrected chi connectivity index (χ0v) is 16.8. The van der Waals surface area contributed by atoms with E-state index in [0.29, 0.717) is 5.92 Å². The molecule has 1 N–H and O–H groups in total. The quantitative estimate of drug-likeness (QED) is 0.793. The Morgan fingerprint density at radius 2 is 1.85 bits per heavy atom. The van der Waals surface area contributed by atoms with Crippen molar-refractivity contribution in [3.63, 3.8) is 0 Å². The number of piperidine rings is 1. The number of rotatable bonds is 4. The number of thiazole rings is 1. The molecule has 1 amide bonds. The second-order valence-corrected chi connectivity index (χ2v) is 9.69. The van der Waals surface area contributed by atoms with Crippen LogP contribution in [0.5, 0.6) is 0 Å². The molecule has 2 aliphatic carbocycles. The summed E-state index contributed by atoms with van der Waals surface area (Å²) in [5.74, 6) is 1.03. The normalized spacial score (nSPS) is 27.0. The lowest BCUT2D eigenvalue weighted by molar-refractivity contribution is -0.119. The summed E-state index contributed by atoms with van der Waals surface area (Å²) < 4.78 is 1.20. The van der Waals surface area contributed by atoms with Crippen molar-refractivity contribution in [1.82, 2.24) is 9.88 Å². The number of carbonyl (C=O) groups is 1. The topological polar surface area (TPSA) is 45.2 Å². The number of hydrogen-bond acceptors (Lipinski definition) is 4. The van der Waals surface area contributed by atoms with Gasteiger partial charge in [-0.1, -0.05) is 19.3 Å². The summed E-state index contributed by atoms with van der Waals surface area (Å²) in [6.07, 6.45) is 11.2. The minimum Gasteiger partial charge on any atom is -0.326 e. The molecule has 0 bridgehead atoms. The third kappa shape index (κ3) is 3.64. The summed E-state index contributed by atoms with van der Waals surface area (Å²) in [5.41, 5.74) is 2.00. The van der Waals surface area contributed by atoms with E-state index >= 15 is 0 Å². The van der Waals surface area contributed by atoms with Gasteiger partial charge in [0, 0.05) is 23.6 Å². The van der Waals surface area contributed by atoms with Crippen molar-refractivity contribution in [2.75, 3.05) is 18.4 Å². The number of likely N-dealkylation sites (tertiary alicyclic amines) is 1.